The van der Waals surface area contributed by atoms with Crippen molar-refractivity contribution in [2.45, 2.75) is 0 Å². The molecule has 0 aromatic carbocycles. The number of hydrogen-bond donors (Lipinski definition) is 2. The van der Waals surface area contributed by atoms with Crippen molar-refractivity contribution in [2.24, 2.45) is 7.05 Å². The van der Waals surface area contributed by atoms with Crippen LogP contribution in [0.15, 0.2) is 30.7 Å². The second kappa shape index (κ2) is 5.68. The fraction of sp³-hybridized carbons (Fsp3) is 0.250. The van der Waals surface area contributed by atoms with Crippen molar-refractivity contribution >= 4 is 18.5 Å². The van der Waals surface area contributed by atoms with E-state index >= 15 is 0 Å². The normalized spacial score (nSPS) is 10.3. The second-order valence-corrected chi connectivity index (χ2v) is 4.23. The number of rotatable bonds is 4. The highest BCUT2D eigenvalue weighted by atomic mass is 32.1. The number of nitrogens with one attached hydrogen (secondary N) is 1. The van der Waals surface area contributed by atoms with Crippen LogP contribution in [0.5, 0.6) is 0 Å². The van der Waals surface area contributed by atoms with E-state index in [1.165, 1.54) is 0 Å². The Labute approximate surface area is 111 Å². The van der Waals surface area contributed by atoms with Gasteiger partial charge >= 0.3 is 0 Å². The number of aryl methyl sites for hydroxylation is 1. The first-order chi connectivity index (χ1) is 8.72. The molecule has 94 valence electrons. The summed E-state index contributed by atoms with van der Waals surface area (Å²) < 4.78 is 1.62. The van der Waals surface area contributed by atoms with E-state index in [1.54, 1.807) is 30.3 Å². The number of carbonyl (C=O) groups is 1. The maximum Gasteiger partial charge on any atom is 0.255 e. The van der Waals surface area contributed by atoms with Crippen LogP contribution in [-0.4, -0.2) is 33.0 Å². The van der Waals surface area contributed by atoms with Gasteiger partial charge in [-0.3, -0.25) is 14.5 Å². The molecule has 0 aliphatic heterocycles. The lowest BCUT2D eigenvalue weighted by Gasteiger charge is -2.03. The van der Waals surface area contributed by atoms with Gasteiger partial charge in [-0.25, -0.2) is 0 Å². The Morgan fingerprint density at radius 3 is 3.06 bits per heavy atom. The highest BCUT2D eigenvalue weighted by Gasteiger charge is 2.16. The van der Waals surface area contributed by atoms with E-state index < -0.39 is 0 Å². The summed E-state index contributed by atoms with van der Waals surface area (Å²) in [5.41, 5.74) is 2.02. The monoisotopic (exact) mass is 262 g/mol. The first-order valence-electron chi connectivity index (χ1n) is 5.55. The summed E-state index contributed by atoms with van der Waals surface area (Å²) >= 11 is 4.06. The minimum atomic E-state index is -0.143. The number of nitrogens with zero attached hydrogens (tertiary/aromatic N) is 3. The number of amides is 1. The Kier molecular flexibility index (Phi) is 3.99. The van der Waals surface area contributed by atoms with Gasteiger partial charge in [0.25, 0.3) is 5.91 Å². The van der Waals surface area contributed by atoms with E-state index in [1.807, 2.05) is 12.1 Å². The fourth-order valence-corrected chi connectivity index (χ4v) is 1.75. The summed E-state index contributed by atoms with van der Waals surface area (Å²) in [7, 11) is 1.79. The lowest BCUT2D eigenvalue weighted by Crippen LogP contribution is -2.25. The van der Waals surface area contributed by atoms with Crippen molar-refractivity contribution in [1.29, 1.82) is 0 Å². The quantitative estimate of drug-likeness (QED) is 0.812. The van der Waals surface area contributed by atoms with Crippen molar-refractivity contribution in [3.8, 4) is 11.3 Å². The Bertz CT molecular complexity index is 538. The van der Waals surface area contributed by atoms with Gasteiger partial charge < -0.3 is 5.32 Å². The first kappa shape index (κ1) is 12.6. The van der Waals surface area contributed by atoms with Gasteiger partial charge in [-0.2, -0.15) is 17.7 Å². The largest absolute Gasteiger partial charge is 0.351 e. The summed E-state index contributed by atoms with van der Waals surface area (Å²) in [5.74, 6) is 0.463. The molecule has 2 heterocycles. The van der Waals surface area contributed by atoms with Crippen LogP contribution in [0.1, 0.15) is 10.4 Å². The van der Waals surface area contributed by atoms with E-state index in [9.17, 15) is 4.79 Å². The molecule has 0 bridgehead atoms. The van der Waals surface area contributed by atoms with Gasteiger partial charge in [0, 0.05) is 43.5 Å². The molecule has 0 aliphatic carbocycles. The first-order valence-corrected chi connectivity index (χ1v) is 6.18. The van der Waals surface area contributed by atoms with Crippen molar-refractivity contribution < 1.29 is 4.79 Å². The van der Waals surface area contributed by atoms with Crippen LogP contribution in [0.2, 0.25) is 0 Å². The molecule has 2 aromatic heterocycles. The van der Waals surface area contributed by atoms with E-state index in [-0.39, 0.29) is 5.91 Å². The number of aromatic nitrogens is 3. The standard InChI is InChI=1S/C12H14N4OS/c1-16-8-10(12(17)14-5-6-18)11(15-16)9-3-2-4-13-7-9/h2-4,7-8,18H,5-6H2,1H3,(H,14,17). The van der Waals surface area contributed by atoms with Gasteiger partial charge in [0.1, 0.15) is 5.69 Å². The van der Waals surface area contributed by atoms with Crippen molar-refractivity contribution in [3.63, 3.8) is 0 Å². The molecule has 5 nitrogen and oxygen atoms in total. The topological polar surface area (TPSA) is 59.8 Å². The molecule has 0 aliphatic rings. The number of pyridine rings is 1. The molecule has 0 spiro atoms. The van der Waals surface area contributed by atoms with Crippen LogP contribution in [0.3, 0.4) is 0 Å². The van der Waals surface area contributed by atoms with Gasteiger partial charge in [0.05, 0.1) is 5.56 Å². The maximum absolute atomic E-state index is 12.0. The SMILES string of the molecule is Cn1cc(C(=O)NCCS)c(-c2cccnc2)n1. The van der Waals surface area contributed by atoms with Crippen LogP contribution >= 0.6 is 12.6 Å². The molecule has 0 fully saturated rings. The lowest BCUT2D eigenvalue weighted by molar-refractivity contribution is 0.0957. The molecule has 0 saturated carbocycles. The predicted molar refractivity (Wildman–Crippen MR) is 72.6 cm³/mol. The molecule has 18 heavy (non-hydrogen) atoms. The summed E-state index contributed by atoms with van der Waals surface area (Å²) in [4.78, 5) is 16.0. The molecule has 1 amide bonds. The smallest absolute Gasteiger partial charge is 0.255 e. The van der Waals surface area contributed by atoms with Crippen LogP contribution in [0.25, 0.3) is 11.3 Å². The van der Waals surface area contributed by atoms with E-state index in [0.29, 0.717) is 23.6 Å². The number of hydrogen-bond acceptors (Lipinski definition) is 4. The van der Waals surface area contributed by atoms with Crippen LogP contribution in [0, 0.1) is 0 Å². The predicted octanol–water partition coefficient (Wildman–Crippen LogP) is 1.14. The minimum Gasteiger partial charge on any atom is -0.351 e. The van der Waals surface area contributed by atoms with E-state index in [2.05, 4.69) is 28.0 Å². The molecule has 6 heteroatoms. The molecule has 2 rings (SSSR count). The van der Waals surface area contributed by atoms with Crippen molar-refractivity contribution in [3.05, 3.63) is 36.3 Å². The molecule has 0 saturated heterocycles. The summed E-state index contributed by atoms with van der Waals surface area (Å²) in [6, 6.07) is 3.70. The summed E-state index contributed by atoms with van der Waals surface area (Å²) in [6.45, 7) is 0.531. The zero-order valence-corrected chi connectivity index (χ0v) is 10.9. The van der Waals surface area contributed by atoms with E-state index in [0.717, 1.165) is 5.56 Å². The van der Waals surface area contributed by atoms with Crippen LogP contribution in [-0.2, 0) is 7.05 Å². The fourth-order valence-electron chi connectivity index (χ4n) is 1.64. The molecule has 1 N–H and O–H groups in total. The number of carbonyl (C=O) groups excluding carboxylic acids is 1. The average Bonchev–Trinajstić information content (AvgIpc) is 2.79. The molecular formula is C12H14N4OS. The van der Waals surface area contributed by atoms with Gasteiger partial charge in [0.15, 0.2) is 0 Å². The highest BCUT2D eigenvalue weighted by Crippen LogP contribution is 2.20. The Hall–Kier alpha value is -1.82. The summed E-state index contributed by atoms with van der Waals surface area (Å²) in [5, 5.41) is 7.09. The zero-order valence-electron chi connectivity index (χ0n) is 10.00. The Morgan fingerprint density at radius 1 is 1.56 bits per heavy atom. The van der Waals surface area contributed by atoms with Gasteiger partial charge in [-0.05, 0) is 12.1 Å². The average molecular weight is 262 g/mol. The third-order valence-electron chi connectivity index (χ3n) is 2.41. The Balaban J connectivity index is 2.34. The van der Waals surface area contributed by atoms with Gasteiger partial charge in [0.2, 0.25) is 0 Å². The minimum absolute atomic E-state index is 0.143. The maximum atomic E-state index is 12.0. The van der Waals surface area contributed by atoms with E-state index in [4.69, 9.17) is 0 Å². The third kappa shape index (κ3) is 2.70. The van der Waals surface area contributed by atoms with Gasteiger partial charge in [-0.1, -0.05) is 0 Å². The molecular weight excluding hydrogens is 248 g/mol. The van der Waals surface area contributed by atoms with Crippen molar-refractivity contribution in [1.82, 2.24) is 20.1 Å². The van der Waals surface area contributed by atoms with Crippen LogP contribution < -0.4 is 5.32 Å². The van der Waals surface area contributed by atoms with Crippen molar-refractivity contribution in [2.75, 3.05) is 12.3 Å². The Morgan fingerprint density at radius 2 is 2.39 bits per heavy atom. The highest BCUT2D eigenvalue weighted by molar-refractivity contribution is 7.80. The molecule has 0 atom stereocenters. The summed E-state index contributed by atoms with van der Waals surface area (Å²) in [6.07, 6.45) is 5.08. The zero-order chi connectivity index (χ0) is 13.0. The molecule has 0 radical (unpaired) electrons. The molecule has 0 unspecified atom stereocenters. The third-order valence-corrected chi connectivity index (χ3v) is 2.63. The molecule has 2 aromatic rings. The lowest BCUT2D eigenvalue weighted by atomic mass is 10.1. The van der Waals surface area contributed by atoms with Crippen LogP contribution in [0.4, 0.5) is 0 Å². The number of thiol groups is 1. The second-order valence-electron chi connectivity index (χ2n) is 3.79. The van der Waals surface area contributed by atoms with Gasteiger partial charge in [-0.15, -0.1) is 0 Å².